The van der Waals surface area contributed by atoms with Crippen LogP contribution in [-0.2, 0) is 4.74 Å². The van der Waals surface area contributed by atoms with Gasteiger partial charge in [-0.3, -0.25) is 4.90 Å². The third kappa shape index (κ3) is 6.33. The number of rotatable bonds is 8. The molecule has 1 atom stereocenters. The molecule has 1 fully saturated rings. The summed E-state index contributed by atoms with van der Waals surface area (Å²) >= 11 is 0. The van der Waals surface area contributed by atoms with Crippen LogP contribution in [0.25, 0.3) is 12.2 Å². The summed E-state index contributed by atoms with van der Waals surface area (Å²) in [4.78, 5) is 2.45. The van der Waals surface area contributed by atoms with Crippen LogP contribution in [0.2, 0.25) is 0 Å². The Morgan fingerprint density at radius 2 is 1.40 bits per heavy atom. The van der Waals surface area contributed by atoms with Crippen LogP contribution in [0.5, 0.6) is 0 Å². The molecule has 0 amide bonds. The van der Waals surface area contributed by atoms with Crippen LogP contribution < -0.4 is 0 Å². The summed E-state index contributed by atoms with van der Waals surface area (Å²) in [6, 6.07) is 20.9. The first kappa shape index (κ1) is 17.7. The molecular weight excluding hydrogens is 306 g/mol. The summed E-state index contributed by atoms with van der Waals surface area (Å²) in [5.41, 5.74) is 2.50. The number of hydrogen-bond acceptors (Lipinski definition) is 2. The Hall–Kier alpha value is -2.16. The predicted octanol–water partition coefficient (Wildman–Crippen LogP) is 4.89. The molecule has 2 nitrogen and oxygen atoms in total. The summed E-state index contributed by atoms with van der Waals surface area (Å²) in [6.07, 6.45) is 11.7. The monoisotopic (exact) mass is 333 g/mol. The lowest BCUT2D eigenvalue weighted by molar-refractivity contribution is 0.0804. The first-order valence-electron chi connectivity index (χ1n) is 9.17. The SMILES string of the molecule is C(=C\c1ccccc1)/CN(C/C=C/c1ccccc1)C[C@@H]1CCCO1. The maximum Gasteiger partial charge on any atom is 0.0703 e. The van der Waals surface area contributed by atoms with Gasteiger partial charge in [0.25, 0.3) is 0 Å². The largest absolute Gasteiger partial charge is 0.377 e. The van der Waals surface area contributed by atoms with Gasteiger partial charge in [-0.25, -0.2) is 0 Å². The van der Waals surface area contributed by atoms with Gasteiger partial charge in [0.15, 0.2) is 0 Å². The third-order valence-corrected chi connectivity index (χ3v) is 4.43. The maximum absolute atomic E-state index is 5.82. The molecule has 2 aromatic rings. The van der Waals surface area contributed by atoms with Crippen LogP contribution in [0, 0.1) is 0 Å². The standard InChI is InChI=1S/C23H27NO/c1-3-10-21(11-4-1)14-7-17-24(20-23-16-9-19-25-23)18-8-15-22-12-5-2-6-13-22/h1-8,10-15,23H,9,16-20H2/b14-7+,15-8+/t23-/m0/s1. The fourth-order valence-corrected chi connectivity index (χ4v) is 3.10. The molecule has 0 radical (unpaired) electrons. The summed E-state index contributed by atoms with van der Waals surface area (Å²) in [5.74, 6) is 0. The third-order valence-electron chi connectivity index (χ3n) is 4.43. The number of nitrogens with zero attached hydrogens (tertiary/aromatic N) is 1. The van der Waals surface area contributed by atoms with E-state index in [1.54, 1.807) is 0 Å². The van der Waals surface area contributed by atoms with Crippen LogP contribution in [0.4, 0.5) is 0 Å². The zero-order valence-electron chi connectivity index (χ0n) is 14.8. The van der Waals surface area contributed by atoms with E-state index in [-0.39, 0.29) is 0 Å². The Morgan fingerprint density at radius 3 is 1.88 bits per heavy atom. The second kappa shape index (κ2) is 9.97. The van der Waals surface area contributed by atoms with Crippen molar-refractivity contribution in [2.75, 3.05) is 26.2 Å². The van der Waals surface area contributed by atoms with E-state index in [9.17, 15) is 0 Å². The van der Waals surface area contributed by atoms with E-state index in [1.165, 1.54) is 24.0 Å². The molecule has 0 aliphatic carbocycles. The van der Waals surface area contributed by atoms with E-state index < -0.39 is 0 Å². The minimum atomic E-state index is 0.384. The van der Waals surface area contributed by atoms with Crippen LogP contribution >= 0.6 is 0 Å². The molecule has 0 unspecified atom stereocenters. The van der Waals surface area contributed by atoms with Gasteiger partial charge in [-0.1, -0.05) is 85.0 Å². The average molecular weight is 333 g/mol. The van der Waals surface area contributed by atoms with Crippen molar-refractivity contribution in [1.82, 2.24) is 4.90 Å². The van der Waals surface area contributed by atoms with E-state index >= 15 is 0 Å². The molecule has 0 spiro atoms. The van der Waals surface area contributed by atoms with Gasteiger partial charge in [-0.15, -0.1) is 0 Å². The van der Waals surface area contributed by atoms with Crippen molar-refractivity contribution in [1.29, 1.82) is 0 Å². The highest BCUT2D eigenvalue weighted by Crippen LogP contribution is 2.14. The number of hydrogen-bond donors (Lipinski definition) is 0. The smallest absolute Gasteiger partial charge is 0.0703 e. The quantitative estimate of drug-likeness (QED) is 0.682. The van der Waals surface area contributed by atoms with Gasteiger partial charge in [-0.2, -0.15) is 0 Å². The Kier molecular flexibility index (Phi) is 7.04. The summed E-state index contributed by atoms with van der Waals surface area (Å²) < 4.78 is 5.82. The predicted molar refractivity (Wildman–Crippen MR) is 106 cm³/mol. The first-order valence-corrected chi connectivity index (χ1v) is 9.17. The lowest BCUT2D eigenvalue weighted by atomic mass is 10.2. The Morgan fingerprint density at radius 1 is 0.840 bits per heavy atom. The molecule has 3 rings (SSSR count). The van der Waals surface area contributed by atoms with Gasteiger partial charge < -0.3 is 4.74 Å². The lowest BCUT2D eigenvalue weighted by Crippen LogP contribution is -2.32. The van der Waals surface area contributed by atoms with E-state index in [4.69, 9.17) is 4.74 Å². The van der Waals surface area contributed by atoms with Crippen molar-refractivity contribution in [3.8, 4) is 0 Å². The summed E-state index contributed by atoms with van der Waals surface area (Å²) in [5, 5.41) is 0. The zero-order chi connectivity index (χ0) is 17.2. The van der Waals surface area contributed by atoms with Crippen molar-refractivity contribution in [3.63, 3.8) is 0 Å². The summed E-state index contributed by atoms with van der Waals surface area (Å²) in [7, 11) is 0. The zero-order valence-corrected chi connectivity index (χ0v) is 14.8. The molecule has 0 saturated carbocycles. The Balaban J connectivity index is 1.56. The van der Waals surface area contributed by atoms with E-state index in [0.717, 1.165) is 26.2 Å². The molecular formula is C23H27NO. The van der Waals surface area contributed by atoms with Crippen LogP contribution in [-0.4, -0.2) is 37.2 Å². The van der Waals surface area contributed by atoms with Crippen molar-refractivity contribution in [2.24, 2.45) is 0 Å². The molecule has 2 heteroatoms. The van der Waals surface area contributed by atoms with Crippen molar-refractivity contribution < 1.29 is 4.74 Å². The van der Waals surface area contributed by atoms with Crippen molar-refractivity contribution >= 4 is 12.2 Å². The minimum absolute atomic E-state index is 0.384. The number of ether oxygens (including phenoxy) is 1. The van der Waals surface area contributed by atoms with Crippen LogP contribution in [0.3, 0.4) is 0 Å². The maximum atomic E-state index is 5.82. The fraction of sp³-hybridized carbons (Fsp3) is 0.304. The molecule has 25 heavy (non-hydrogen) atoms. The molecule has 1 heterocycles. The molecule has 1 aliphatic rings. The van der Waals surface area contributed by atoms with Gasteiger partial charge in [0.2, 0.25) is 0 Å². The minimum Gasteiger partial charge on any atom is -0.377 e. The van der Waals surface area contributed by atoms with Gasteiger partial charge in [0.05, 0.1) is 6.10 Å². The molecule has 2 aromatic carbocycles. The van der Waals surface area contributed by atoms with Gasteiger partial charge in [0, 0.05) is 26.2 Å². The summed E-state index contributed by atoms with van der Waals surface area (Å²) in [6.45, 7) is 3.79. The van der Waals surface area contributed by atoms with Crippen molar-refractivity contribution in [3.05, 3.63) is 83.9 Å². The van der Waals surface area contributed by atoms with Gasteiger partial charge in [0.1, 0.15) is 0 Å². The van der Waals surface area contributed by atoms with Crippen molar-refractivity contribution in [2.45, 2.75) is 18.9 Å². The van der Waals surface area contributed by atoms with Crippen LogP contribution in [0.1, 0.15) is 24.0 Å². The van der Waals surface area contributed by atoms with E-state index in [2.05, 4.69) is 89.9 Å². The topological polar surface area (TPSA) is 12.5 Å². The normalized spacial score (nSPS) is 17.9. The fourth-order valence-electron chi connectivity index (χ4n) is 3.10. The molecule has 0 bridgehead atoms. The second-order valence-electron chi connectivity index (χ2n) is 6.48. The molecule has 1 aliphatic heterocycles. The Bertz CT molecular complexity index is 606. The molecule has 130 valence electrons. The van der Waals surface area contributed by atoms with Crippen LogP contribution in [0.15, 0.2) is 72.8 Å². The molecule has 0 aromatic heterocycles. The van der Waals surface area contributed by atoms with Gasteiger partial charge in [-0.05, 0) is 24.0 Å². The average Bonchev–Trinajstić information content (AvgIpc) is 3.16. The van der Waals surface area contributed by atoms with Gasteiger partial charge >= 0.3 is 0 Å². The van der Waals surface area contributed by atoms with E-state index in [0.29, 0.717) is 6.10 Å². The highest BCUT2D eigenvalue weighted by Gasteiger charge is 2.17. The first-order chi connectivity index (χ1) is 12.4. The highest BCUT2D eigenvalue weighted by molar-refractivity contribution is 5.49. The number of benzene rings is 2. The van der Waals surface area contributed by atoms with E-state index in [1.807, 2.05) is 0 Å². The molecule has 1 saturated heterocycles. The Labute approximate surface area is 151 Å². The molecule has 0 N–H and O–H groups in total. The lowest BCUT2D eigenvalue weighted by Gasteiger charge is -2.22. The second-order valence-corrected chi connectivity index (χ2v) is 6.48. The highest BCUT2D eigenvalue weighted by atomic mass is 16.5.